The summed E-state index contributed by atoms with van der Waals surface area (Å²) in [5.41, 5.74) is 8.00. The van der Waals surface area contributed by atoms with E-state index >= 15 is 0 Å². The van der Waals surface area contributed by atoms with E-state index in [1.165, 1.54) is 0 Å². The van der Waals surface area contributed by atoms with Gasteiger partial charge in [0.05, 0.1) is 19.2 Å². The first-order valence-electron chi connectivity index (χ1n) is 6.98. The molecule has 22 heavy (non-hydrogen) atoms. The SMILES string of the molecule is COc1cc(CC(CN)c2ccc(O)cc2)cc(Cl)c1OC. The molecule has 4 nitrogen and oxygen atoms in total. The van der Waals surface area contributed by atoms with Crippen LogP contribution in [-0.4, -0.2) is 25.9 Å². The van der Waals surface area contributed by atoms with E-state index in [1.807, 2.05) is 24.3 Å². The summed E-state index contributed by atoms with van der Waals surface area (Å²) < 4.78 is 10.6. The molecule has 3 N–H and O–H groups in total. The first-order chi connectivity index (χ1) is 10.6. The summed E-state index contributed by atoms with van der Waals surface area (Å²) >= 11 is 6.24. The van der Waals surface area contributed by atoms with Gasteiger partial charge in [-0.2, -0.15) is 0 Å². The van der Waals surface area contributed by atoms with Crippen molar-refractivity contribution < 1.29 is 14.6 Å². The Bertz CT molecular complexity index is 629. The van der Waals surface area contributed by atoms with Crippen molar-refractivity contribution in [3.05, 3.63) is 52.5 Å². The Morgan fingerprint density at radius 1 is 1.14 bits per heavy atom. The molecular weight excluding hydrogens is 302 g/mol. The van der Waals surface area contributed by atoms with Gasteiger partial charge in [-0.3, -0.25) is 0 Å². The summed E-state index contributed by atoms with van der Waals surface area (Å²) in [5.74, 6) is 1.51. The number of nitrogens with two attached hydrogens (primary N) is 1. The van der Waals surface area contributed by atoms with Gasteiger partial charge in [-0.05, 0) is 48.4 Å². The van der Waals surface area contributed by atoms with Gasteiger partial charge in [0.2, 0.25) is 0 Å². The summed E-state index contributed by atoms with van der Waals surface area (Å²) in [5, 5.41) is 9.90. The fourth-order valence-electron chi connectivity index (χ4n) is 2.46. The van der Waals surface area contributed by atoms with E-state index < -0.39 is 0 Å². The zero-order chi connectivity index (χ0) is 16.1. The van der Waals surface area contributed by atoms with Crippen molar-refractivity contribution in [2.24, 2.45) is 5.73 Å². The van der Waals surface area contributed by atoms with Gasteiger partial charge < -0.3 is 20.3 Å². The summed E-state index contributed by atoms with van der Waals surface area (Å²) in [7, 11) is 3.14. The maximum Gasteiger partial charge on any atom is 0.179 e. The Morgan fingerprint density at radius 3 is 2.36 bits per heavy atom. The van der Waals surface area contributed by atoms with Gasteiger partial charge in [-0.25, -0.2) is 0 Å². The number of ether oxygens (including phenoxy) is 2. The highest BCUT2D eigenvalue weighted by atomic mass is 35.5. The van der Waals surface area contributed by atoms with Crippen LogP contribution in [0.1, 0.15) is 17.0 Å². The maximum atomic E-state index is 9.38. The molecule has 5 heteroatoms. The number of phenolic OH excluding ortho intramolecular Hbond substituents is 1. The minimum atomic E-state index is 0.134. The number of hydrogen-bond donors (Lipinski definition) is 2. The zero-order valence-corrected chi connectivity index (χ0v) is 13.4. The molecule has 2 rings (SSSR count). The Hall–Kier alpha value is -1.91. The highest BCUT2D eigenvalue weighted by molar-refractivity contribution is 6.32. The lowest BCUT2D eigenvalue weighted by atomic mass is 9.92. The lowest BCUT2D eigenvalue weighted by Gasteiger charge is -2.17. The van der Waals surface area contributed by atoms with Crippen LogP contribution >= 0.6 is 11.6 Å². The van der Waals surface area contributed by atoms with Crippen molar-refractivity contribution in [1.82, 2.24) is 0 Å². The molecule has 0 fully saturated rings. The third-order valence-electron chi connectivity index (χ3n) is 3.62. The van der Waals surface area contributed by atoms with Gasteiger partial charge >= 0.3 is 0 Å². The highest BCUT2D eigenvalue weighted by Gasteiger charge is 2.15. The molecular formula is C17H20ClNO3. The number of methoxy groups -OCH3 is 2. The minimum absolute atomic E-state index is 0.134. The van der Waals surface area contributed by atoms with E-state index in [1.54, 1.807) is 26.4 Å². The molecule has 0 heterocycles. The van der Waals surface area contributed by atoms with Crippen LogP contribution < -0.4 is 15.2 Å². The summed E-state index contributed by atoms with van der Waals surface area (Å²) in [4.78, 5) is 0. The molecule has 0 saturated carbocycles. The largest absolute Gasteiger partial charge is 0.508 e. The molecule has 2 aromatic rings. The van der Waals surface area contributed by atoms with Gasteiger partial charge in [0.25, 0.3) is 0 Å². The smallest absolute Gasteiger partial charge is 0.179 e. The second kappa shape index (κ2) is 7.38. The summed E-state index contributed by atoms with van der Waals surface area (Å²) in [6.07, 6.45) is 0.724. The number of phenols is 1. The highest BCUT2D eigenvalue weighted by Crippen LogP contribution is 2.37. The predicted molar refractivity (Wildman–Crippen MR) is 88.2 cm³/mol. The second-order valence-electron chi connectivity index (χ2n) is 5.04. The minimum Gasteiger partial charge on any atom is -0.508 e. The van der Waals surface area contributed by atoms with Crippen molar-refractivity contribution in [3.63, 3.8) is 0 Å². The van der Waals surface area contributed by atoms with Crippen molar-refractivity contribution in [2.45, 2.75) is 12.3 Å². The molecule has 0 aliphatic carbocycles. The summed E-state index contributed by atoms with van der Waals surface area (Å²) in [6, 6.07) is 10.9. The van der Waals surface area contributed by atoms with Crippen LogP contribution in [0.5, 0.6) is 17.2 Å². The van der Waals surface area contributed by atoms with Crippen molar-refractivity contribution >= 4 is 11.6 Å². The fourth-order valence-corrected chi connectivity index (χ4v) is 2.77. The molecule has 118 valence electrons. The molecule has 0 aromatic heterocycles. The van der Waals surface area contributed by atoms with E-state index in [4.69, 9.17) is 26.8 Å². The number of benzene rings is 2. The third kappa shape index (κ3) is 3.64. The Labute approximate surface area is 135 Å². The lowest BCUT2D eigenvalue weighted by molar-refractivity contribution is 0.354. The number of hydrogen-bond acceptors (Lipinski definition) is 4. The lowest BCUT2D eigenvalue weighted by Crippen LogP contribution is -2.15. The molecule has 1 atom stereocenters. The molecule has 0 bridgehead atoms. The molecule has 0 radical (unpaired) electrons. The van der Waals surface area contributed by atoms with E-state index in [-0.39, 0.29) is 11.7 Å². The number of rotatable bonds is 6. The van der Waals surface area contributed by atoms with E-state index in [0.29, 0.717) is 23.1 Å². The van der Waals surface area contributed by atoms with Gasteiger partial charge in [0.15, 0.2) is 11.5 Å². The Kier molecular flexibility index (Phi) is 5.52. The predicted octanol–water partition coefficient (Wildman–Crippen LogP) is 3.35. The average Bonchev–Trinajstić information content (AvgIpc) is 2.53. The summed E-state index contributed by atoms with van der Waals surface area (Å²) in [6.45, 7) is 0.497. The van der Waals surface area contributed by atoms with Crippen LogP contribution in [0.3, 0.4) is 0 Å². The Morgan fingerprint density at radius 2 is 1.82 bits per heavy atom. The molecule has 0 spiro atoms. The third-order valence-corrected chi connectivity index (χ3v) is 3.91. The van der Waals surface area contributed by atoms with Crippen molar-refractivity contribution in [3.8, 4) is 17.2 Å². The topological polar surface area (TPSA) is 64.7 Å². The van der Waals surface area contributed by atoms with Crippen LogP contribution in [0.2, 0.25) is 5.02 Å². The first kappa shape index (κ1) is 16.5. The van der Waals surface area contributed by atoms with Crippen LogP contribution in [-0.2, 0) is 6.42 Å². The van der Waals surface area contributed by atoms with E-state index in [0.717, 1.165) is 17.5 Å². The van der Waals surface area contributed by atoms with Crippen molar-refractivity contribution in [1.29, 1.82) is 0 Å². The standard InChI is InChI=1S/C17H20ClNO3/c1-21-16-9-11(8-15(18)17(16)22-2)7-13(10-19)12-3-5-14(20)6-4-12/h3-6,8-9,13,20H,7,10,19H2,1-2H3. The van der Waals surface area contributed by atoms with E-state index in [2.05, 4.69) is 0 Å². The van der Waals surface area contributed by atoms with Gasteiger partial charge in [0, 0.05) is 5.92 Å². The molecule has 0 aliphatic heterocycles. The molecule has 2 aromatic carbocycles. The van der Waals surface area contributed by atoms with Crippen LogP contribution in [0.4, 0.5) is 0 Å². The average molecular weight is 322 g/mol. The Balaban J connectivity index is 2.28. The van der Waals surface area contributed by atoms with E-state index in [9.17, 15) is 5.11 Å². The molecule has 1 unspecified atom stereocenters. The monoisotopic (exact) mass is 321 g/mol. The molecule has 0 aliphatic rings. The van der Waals surface area contributed by atoms with Crippen LogP contribution in [0.25, 0.3) is 0 Å². The molecule has 0 amide bonds. The zero-order valence-electron chi connectivity index (χ0n) is 12.7. The van der Waals surface area contributed by atoms with Crippen LogP contribution in [0.15, 0.2) is 36.4 Å². The van der Waals surface area contributed by atoms with Crippen molar-refractivity contribution in [2.75, 3.05) is 20.8 Å². The molecule has 0 saturated heterocycles. The van der Waals surface area contributed by atoms with Crippen LogP contribution in [0, 0.1) is 0 Å². The van der Waals surface area contributed by atoms with Gasteiger partial charge in [0.1, 0.15) is 5.75 Å². The van der Waals surface area contributed by atoms with Gasteiger partial charge in [-0.1, -0.05) is 23.7 Å². The fraction of sp³-hybridized carbons (Fsp3) is 0.294. The normalized spacial score (nSPS) is 12.0. The number of halogens is 1. The number of aromatic hydroxyl groups is 1. The quantitative estimate of drug-likeness (QED) is 0.856. The second-order valence-corrected chi connectivity index (χ2v) is 5.45. The maximum absolute atomic E-state index is 9.38. The van der Waals surface area contributed by atoms with Gasteiger partial charge in [-0.15, -0.1) is 0 Å². The first-order valence-corrected chi connectivity index (χ1v) is 7.36.